The van der Waals surface area contributed by atoms with Gasteiger partial charge in [-0.15, -0.1) is 0 Å². The van der Waals surface area contributed by atoms with Gasteiger partial charge >= 0.3 is 6.18 Å². The minimum Gasteiger partial charge on any atom is -0.350 e. The highest BCUT2D eigenvalue weighted by molar-refractivity contribution is 5.86. The summed E-state index contributed by atoms with van der Waals surface area (Å²) in [4.78, 5) is 12.1. The molecule has 0 atom stereocenters. The normalized spacial score (nSPS) is 18.3. The van der Waals surface area contributed by atoms with Gasteiger partial charge in [0.05, 0.1) is 11.1 Å². The molecule has 3 N–H and O–H groups in total. The molecule has 0 unspecified atom stereocenters. The van der Waals surface area contributed by atoms with Gasteiger partial charge in [0.1, 0.15) is 0 Å². The van der Waals surface area contributed by atoms with Crippen LogP contribution in [-0.2, 0) is 17.5 Å². The first kappa shape index (κ1) is 15.8. The maximum atomic E-state index is 12.6. The molecule has 3 nitrogen and oxygen atoms in total. The Morgan fingerprint density at radius 2 is 1.90 bits per heavy atom. The van der Waals surface area contributed by atoms with E-state index in [1.54, 1.807) is 6.07 Å². The van der Waals surface area contributed by atoms with Gasteiger partial charge in [-0.2, -0.15) is 13.2 Å². The standard InChI is InChI=1S/C15H19F3N2O/c16-15(17,18)12-6-4-5-11(9-12)10-20-13(21)14(19)7-2-1-3-8-14/h4-6,9H,1-3,7-8,10,19H2,(H,20,21). The van der Waals surface area contributed by atoms with Crippen LogP contribution in [0.25, 0.3) is 0 Å². The molecule has 0 radical (unpaired) electrons. The van der Waals surface area contributed by atoms with Crippen molar-refractivity contribution in [3.05, 3.63) is 35.4 Å². The first-order chi connectivity index (χ1) is 9.81. The number of carbonyl (C=O) groups is 1. The molecule has 0 heterocycles. The number of hydrogen-bond acceptors (Lipinski definition) is 2. The fraction of sp³-hybridized carbons (Fsp3) is 0.533. The van der Waals surface area contributed by atoms with Gasteiger partial charge in [0, 0.05) is 6.54 Å². The largest absolute Gasteiger partial charge is 0.416 e. The molecule has 116 valence electrons. The van der Waals surface area contributed by atoms with Crippen LogP contribution in [0, 0.1) is 0 Å². The van der Waals surface area contributed by atoms with Crippen molar-refractivity contribution >= 4 is 5.91 Å². The van der Waals surface area contributed by atoms with E-state index in [4.69, 9.17) is 5.73 Å². The number of nitrogens with one attached hydrogen (secondary N) is 1. The fourth-order valence-electron chi connectivity index (χ4n) is 2.63. The van der Waals surface area contributed by atoms with Crippen molar-refractivity contribution in [2.75, 3.05) is 0 Å². The predicted octanol–water partition coefficient (Wildman–Crippen LogP) is 2.98. The molecular weight excluding hydrogens is 281 g/mol. The van der Waals surface area contributed by atoms with E-state index in [1.165, 1.54) is 6.07 Å². The molecule has 2 rings (SSSR count). The van der Waals surface area contributed by atoms with Gasteiger partial charge < -0.3 is 11.1 Å². The van der Waals surface area contributed by atoms with Crippen LogP contribution < -0.4 is 11.1 Å². The molecule has 1 amide bonds. The van der Waals surface area contributed by atoms with Crippen molar-refractivity contribution in [2.24, 2.45) is 5.73 Å². The van der Waals surface area contributed by atoms with Gasteiger partial charge in [-0.25, -0.2) is 0 Å². The maximum Gasteiger partial charge on any atom is 0.416 e. The SMILES string of the molecule is NC1(C(=O)NCc2cccc(C(F)(F)F)c2)CCCCC1. The summed E-state index contributed by atoms with van der Waals surface area (Å²) < 4.78 is 37.8. The molecule has 0 aromatic heterocycles. The summed E-state index contributed by atoms with van der Waals surface area (Å²) in [6.07, 6.45) is -0.234. The predicted molar refractivity (Wildman–Crippen MR) is 73.3 cm³/mol. The zero-order chi connectivity index (χ0) is 15.5. The average Bonchev–Trinajstić information content (AvgIpc) is 2.45. The molecule has 6 heteroatoms. The average molecular weight is 300 g/mol. The molecule has 1 aromatic carbocycles. The van der Waals surface area contributed by atoms with E-state index in [9.17, 15) is 18.0 Å². The first-order valence-corrected chi connectivity index (χ1v) is 7.05. The Labute approximate surface area is 121 Å². The molecule has 1 saturated carbocycles. The Kier molecular flexibility index (Phi) is 4.56. The van der Waals surface area contributed by atoms with E-state index in [0.717, 1.165) is 31.4 Å². The summed E-state index contributed by atoms with van der Waals surface area (Å²) >= 11 is 0. The lowest BCUT2D eigenvalue weighted by Gasteiger charge is -2.31. The second-order valence-electron chi connectivity index (χ2n) is 5.60. The third kappa shape index (κ3) is 3.97. The van der Waals surface area contributed by atoms with Gasteiger partial charge in [-0.1, -0.05) is 31.4 Å². The summed E-state index contributed by atoms with van der Waals surface area (Å²) in [6.45, 7) is 0.0572. The van der Waals surface area contributed by atoms with Crippen molar-refractivity contribution in [2.45, 2.75) is 50.4 Å². The summed E-state index contributed by atoms with van der Waals surface area (Å²) in [5.41, 5.74) is 4.90. The van der Waals surface area contributed by atoms with Gasteiger partial charge in [0.15, 0.2) is 0 Å². The third-order valence-electron chi connectivity index (χ3n) is 3.91. The van der Waals surface area contributed by atoms with E-state index < -0.39 is 17.3 Å². The molecular formula is C15H19F3N2O. The Morgan fingerprint density at radius 3 is 2.52 bits per heavy atom. The van der Waals surface area contributed by atoms with Crippen LogP contribution in [-0.4, -0.2) is 11.4 Å². The Bertz CT molecular complexity index is 508. The second-order valence-corrected chi connectivity index (χ2v) is 5.60. The molecule has 1 aliphatic rings. The Morgan fingerprint density at radius 1 is 1.24 bits per heavy atom. The number of carbonyl (C=O) groups excluding carboxylic acids is 1. The molecule has 0 aliphatic heterocycles. The minimum atomic E-state index is -4.38. The van der Waals surface area contributed by atoms with Crippen molar-refractivity contribution in [3.63, 3.8) is 0 Å². The highest BCUT2D eigenvalue weighted by atomic mass is 19.4. The molecule has 1 aliphatic carbocycles. The van der Waals surface area contributed by atoms with E-state index in [0.29, 0.717) is 18.4 Å². The highest BCUT2D eigenvalue weighted by Gasteiger charge is 2.35. The van der Waals surface area contributed by atoms with E-state index in [1.807, 2.05) is 0 Å². The third-order valence-corrected chi connectivity index (χ3v) is 3.91. The Hall–Kier alpha value is -1.56. The topological polar surface area (TPSA) is 55.1 Å². The Balaban J connectivity index is 1.98. The number of hydrogen-bond donors (Lipinski definition) is 2. The number of nitrogens with two attached hydrogens (primary N) is 1. The number of benzene rings is 1. The minimum absolute atomic E-state index is 0.0572. The maximum absolute atomic E-state index is 12.6. The van der Waals surface area contributed by atoms with Crippen LogP contribution in [0.3, 0.4) is 0 Å². The zero-order valence-corrected chi connectivity index (χ0v) is 11.7. The lowest BCUT2D eigenvalue weighted by atomic mass is 9.82. The number of halogens is 3. The van der Waals surface area contributed by atoms with Crippen LogP contribution in [0.4, 0.5) is 13.2 Å². The van der Waals surface area contributed by atoms with Gasteiger partial charge in [-0.3, -0.25) is 4.79 Å². The molecule has 21 heavy (non-hydrogen) atoms. The van der Waals surface area contributed by atoms with Gasteiger partial charge in [0.25, 0.3) is 0 Å². The number of rotatable bonds is 3. The molecule has 1 fully saturated rings. The van der Waals surface area contributed by atoms with Crippen molar-refractivity contribution in [3.8, 4) is 0 Å². The van der Waals surface area contributed by atoms with Crippen molar-refractivity contribution in [1.29, 1.82) is 0 Å². The summed E-state index contributed by atoms with van der Waals surface area (Å²) in [5, 5.41) is 2.66. The fourth-order valence-corrected chi connectivity index (χ4v) is 2.63. The van der Waals surface area contributed by atoms with Gasteiger partial charge in [0.2, 0.25) is 5.91 Å². The summed E-state index contributed by atoms with van der Waals surface area (Å²) in [5.74, 6) is -0.278. The van der Waals surface area contributed by atoms with E-state index in [2.05, 4.69) is 5.32 Å². The zero-order valence-electron chi connectivity index (χ0n) is 11.7. The number of amides is 1. The van der Waals surface area contributed by atoms with Crippen molar-refractivity contribution in [1.82, 2.24) is 5.32 Å². The quantitative estimate of drug-likeness (QED) is 0.901. The van der Waals surface area contributed by atoms with Crippen LogP contribution in [0.5, 0.6) is 0 Å². The smallest absolute Gasteiger partial charge is 0.350 e. The van der Waals surface area contributed by atoms with E-state index in [-0.39, 0.29) is 12.5 Å². The van der Waals surface area contributed by atoms with Crippen LogP contribution >= 0.6 is 0 Å². The van der Waals surface area contributed by atoms with Gasteiger partial charge in [-0.05, 0) is 30.5 Å². The lowest BCUT2D eigenvalue weighted by molar-refractivity contribution is -0.137. The van der Waals surface area contributed by atoms with Crippen LogP contribution in [0.2, 0.25) is 0 Å². The summed E-state index contributed by atoms with van der Waals surface area (Å²) in [6, 6.07) is 4.95. The van der Waals surface area contributed by atoms with E-state index >= 15 is 0 Å². The molecule has 0 spiro atoms. The summed E-state index contributed by atoms with van der Waals surface area (Å²) in [7, 11) is 0. The second kappa shape index (κ2) is 6.05. The molecule has 0 bridgehead atoms. The first-order valence-electron chi connectivity index (χ1n) is 7.05. The molecule has 0 saturated heterocycles. The van der Waals surface area contributed by atoms with Crippen LogP contribution in [0.1, 0.15) is 43.2 Å². The lowest BCUT2D eigenvalue weighted by Crippen LogP contribution is -2.54. The van der Waals surface area contributed by atoms with Crippen LogP contribution in [0.15, 0.2) is 24.3 Å². The molecule has 1 aromatic rings. The number of alkyl halides is 3. The highest BCUT2D eigenvalue weighted by Crippen LogP contribution is 2.29. The monoisotopic (exact) mass is 300 g/mol. The van der Waals surface area contributed by atoms with Crippen molar-refractivity contribution < 1.29 is 18.0 Å².